The van der Waals surface area contributed by atoms with Crippen molar-refractivity contribution in [3.63, 3.8) is 0 Å². The van der Waals surface area contributed by atoms with Crippen LogP contribution in [-0.4, -0.2) is 30.7 Å². The Kier molecular flexibility index (Phi) is 4.49. The third-order valence-corrected chi connectivity index (χ3v) is 4.37. The molecule has 0 radical (unpaired) electrons. The Balaban J connectivity index is 1.66. The van der Waals surface area contributed by atoms with E-state index in [0.29, 0.717) is 12.1 Å². The van der Waals surface area contributed by atoms with E-state index in [1.165, 1.54) is 7.11 Å². The molecule has 1 aromatic carbocycles. The molecule has 1 unspecified atom stereocenters. The molecule has 1 aromatic rings. The van der Waals surface area contributed by atoms with Crippen LogP contribution in [0.3, 0.4) is 0 Å². The van der Waals surface area contributed by atoms with Crippen LogP contribution in [0.15, 0.2) is 46.8 Å². The van der Waals surface area contributed by atoms with E-state index in [1.807, 2.05) is 30.5 Å². The van der Waals surface area contributed by atoms with E-state index in [2.05, 4.69) is 26.4 Å². The molecular weight excluding hydrogens is 348 g/mol. The summed E-state index contributed by atoms with van der Waals surface area (Å²) in [5.74, 6) is 0.649. The maximum Gasteiger partial charge on any atom is 0.337 e. The minimum absolute atomic E-state index is 0.211. The van der Waals surface area contributed by atoms with Gasteiger partial charge in [0.25, 0.3) is 0 Å². The summed E-state index contributed by atoms with van der Waals surface area (Å²) < 4.78 is 11.4. The van der Waals surface area contributed by atoms with Crippen molar-refractivity contribution in [2.75, 3.05) is 13.7 Å². The first kappa shape index (κ1) is 15.1. The van der Waals surface area contributed by atoms with Crippen molar-refractivity contribution in [3.8, 4) is 0 Å². The maximum absolute atomic E-state index is 11.6. The lowest BCUT2D eigenvalue weighted by Crippen LogP contribution is -2.42. The number of hydrazine groups is 1. The molecule has 116 valence electrons. The Hall–Kier alpha value is -1.79. The molecule has 1 atom stereocenters. The monoisotopic (exact) mass is 364 g/mol. The number of carbonyl (C=O) groups excluding carboxylic acids is 1. The summed E-state index contributed by atoms with van der Waals surface area (Å²) in [7, 11) is 1.39. The third kappa shape index (κ3) is 3.03. The van der Waals surface area contributed by atoms with Gasteiger partial charge in [0.05, 0.1) is 23.8 Å². The lowest BCUT2D eigenvalue weighted by atomic mass is 10.1. The fourth-order valence-corrected chi connectivity index (χ4v) is 3.10. The zero-order valence-corrected chi connectivity index (χ0v) is 13.8. The highest BCUT2D eigenvalue weighted by atomic mass is 79.9. The molecule has 0 saturated carbocycles. The molecule has 0 amide bonds. The van der Waals surface area contributed by atoms with Crippen molar-refractivity contribution >= 4 is 21.9 Å². The normalized spacial score (nSPS) is 19.9. The average molecular weight is 365 g/mol. The third-order valence-electron chi connectivity index (χ3n) is 3.72. The van der Waals surface area contributed by atoms with E-state index in [0.717, 1.165) is 28.8 Å². The van der Waals surface area contributed by atoms with E-state index >= 15 is 0 Å². The largest absolute Gasteiger partial charge is 0.494 e. The number of allylic oxidation sites excluding steroid dienone is 2. The number of hydrogen-bond acceptors (Lipinski definition) is 5. The van der Waals surface area contributed by atoms with Crippen LogP contribution in [0.5, 0.6) is 0 Å². The highest BCUT2D eigenvalue weighted by Gasteiger charge is 2.31. The first-order valence-corrected chi connectivity index (χ1v) is 7.88. The minimum atomic E-state index is -0.321. The molecule has 2 aliphatic rings. The Morgan fingerprint density at radius 2 is 2.41 bits per heavy atom. The SMILES string of the molecule is COC(=O)c1cccc(CNN2C=CC(Br)=C3OCCC32)c1. The van der Waals surface area contributed by atoms with Crippen LogP contribution in [0.2, 0.25) is 0 Å². The zero-order valence-electron chi connectivity index (χ0n) is 12.2. The molecule has 1 N–H and O–H groups in total. The summed E-state index contributed by atoms with van der Waals surface area (Å²) in [6.07, 6.45) is 4.91. The fourth-order valence-electron chi connectivity index (χ4n) is 2.60. The Bertz CT molecular complexity index is 642. The summed E-state index contributed by atoms with van der Waals surface area (Å²) >= 11 is 3.51. The van der Waals surface area contributed by atoms with Gasteiger partial charge in [0.2, 0.25) is 0 Å². The number of nitrogens with zero attached hydrogens (tertiary/aromatic N) is 1. The lowest BCUT2D eigenvalue weighted by Gasteiger charge is -2.30. The highest BCUT2D eigenvalue weighted by molar-refractivity contribution is 9.11. The van der Waals surface area contributed by atoms with Crippen molar-refractivity contribution < 1.29 is 14.3 Å². The first-order valence-electron chi connectivity index (χ1n) is 7.09. The second-order valence-electron chi connectivity index (χ2n) is 5.11. The fraction of sp³-hybridized carbons (Fsp3) is 0.312. The topological polar surface area (TPSA) is 50.8 Å². The number of nitrogens with one attached hydrogen (secondary N) is 1. The molecule has 0 aliphatic carbocycles. The second kappa shape index (κ2) is 6.54. The predicted octanol–water partition coefficient (Wildman–Crippen LogP) is 2.70. The van der Waals surface area contributed by atoms with Gasteiger partial charge in [-0.1, -0.05) is 12.1 Å². The molecule has 3 rings (SSSR count). The van der Waals surface area contributed by atoms with Crippen LogP contribution in [0.4, 0.5) is 0 Å². The van der Waals surface area contributed by atoms with E-state index in [1.54, 1.807) is 6.07 Å². The number of ether oxygens (including phenoxy) is 2. The standard InChI is InChI=1S/C16H17BrN2O3/c1-21-16(20)12-4-2-3-11(9-12)10-18-19-7-5-13(17)15-14(19)6-8-22-15/h2-5,7,9,14,18H,6,8,10H2,1H3. The summed E-state index contributed by atoms with van der Waals surface area (Å²) in [6, 6.07) is 7.63. The summed E-state index contributed by atoms with van der Waals surface area (Å²) in [6.45, 7) is 1.35. The number of rotatable bonds is 4. The van der Waals surface area contributed by atoms with Gasteiger partial charge in [-0.3, -0.25) is 0 Å². The average Bonchev–Trinajstić information content (AvgIpc) is 3.04. The molecule has 22 heavy (non-hydrogen) atoms. The van der Waals surface area contributed by atoms with Crippen LogP contribution in [0.25, 0.3) is 0 Å². The maximum atomic E-state index is 11.6. The van der Waals surface area contributed by atoms with E-state index < -0.39 is 0 Å². The summed E-state index contributed by atoms with van der Waals surface area (Å²) in [5, 5.41) is 2.05. The van der Waals surface area contributed by atoms with Crippen molar-refractivity contribution in [2.45, 2.75) is 19.0 Å². The number of esters is 1. The van der Waals surface area contributed by atoms with Gasteiger partial charge in [-0.05, 0) is 39.7 Å². The number of halogens is 1. The molecule has 1 fully saturated rings. The molecule has 5 nitrogen and oxygen atoms in total. The van der Waals surface area contributed by atoms with E-state index in [4.69, 9.17) is 9.47 Å². The van der Waals surface area contributed by atoms with Crippen molar-refractivity contribution in [1.29, 1.82) is 0 Å². The number of methoxy groups -OCH3 is 1. The molecule has 1 saturated heterocycles. The number of hydrogen-bond donors (Lipinski definition) is 1. The summed E-state index contributed by atoms with van der Waals surface area (Å²) in [5.41, 5.74) is 4.95. The Morgan fingerprint density at radius 3 is 3.23 bits per heavy atom. The van der Waals surface area contributed by atoms with E-state index in [-0.39, 0.29) is 12.0 Å². The van der Waals surface area contributed by atoms with Crippen molar-refractivity contribution in [2.24, 2.45) is 0 Å². The van der Waals surface area contributed by atoms with Crippen molar-refractivity contribution in [1.82, 2.24) is 10.4 Å². The quantitative estimate of drug-likeness (QED) is 0.832. The van der Waals surface area contributed by atoms with Crippen LogP contribution in [0.1, 0.15) is 22.3 Å². The van der Waals surface area contributed by atoms with Crippen LogP contribution in [0, 0.1) is 0 Å². The predicted molar refractivity (Wildman–Crippen MR) is 85.9 cm³/mol. The van der Waals surface area contributed by atoms with Crippen LogP contribution < -0.4 is 5.43 Å². The Morgan fingerprint density at radius 1 is 1.55 bits per heavy atom. The molecule has 6 heteroatoms. The van der Waals surface area contributed by atoms with Gasteiger partial charge in [-0.25, -0.2) is 10.2 Å². The number of benzene rings is 1. The van der Waals surface area contributed by atoms with Gasteiger partial charge < -0.3 is 14.5 Å². The number of carbonyl (C=O) groups is 1. The van der Waals surface area contributed by atoms with Gasteiger partial charge >= 0.3 is 5.97 Å². The molecule has 0 spiro atoms. The van der Waals surface area contributed by atoms with Gasteiger partial charge in [0, 0.05) is 19.2 Å². The Labute approximate surface area is 137 Å². The van der Waals surface area contributed by atoms with Gasteiger partial charge in [0.15, 0.2) is 0 Å². The smallest absolute Gasteiger partial charge is 0.337 e. The first-order chi connectivity index (χ1) is 10.7. The van der Waals surface area contributed by atoms with Gasteiger partial charge in [-0.2, -0.15) is 0 Å². The molecule has 0 bridgehead atoms. The molecule has 0 aromatic heterocycles. The molecular formula is C16H17BrN2O3. The van der Waals surface area contributed by atoms with Crippen LogP contribution in [-0.2, 0) is 16.0 Å². The molecule has 2 heterocycles. The van der Waals surface area contributed by atoms with Crippen molar-refractivity contribution in [3.05, 3.63) is 57.9 Å². The number of fused-ring (bicyclic) bond motifs is 1. The van der Waals surface area contributed by atoms with E-state index in [9.17, 15) is 4.79 Å². The minimum Gasteiger partial charge on any atom is -0.494 e. The lowest BCUT2D eigenvalue weighted by molar-refractivity contribution is 0.0600. The zero-order chi connectivity index (χ0) is 15.5. The van der Waals surface area contributed by atoms with Gasteiger partial charge in [-0.15, -0.1) is 0 Å². The summed E-state index contributed by atoms with van der Waals surface area (Å²) in [4.78, 5) is 11.6. The highest BCUT2D eigenvalue weighted by Crippen LogP contribution is 2.32. The second-order valence-corrected chi connectivity index (χ2v) is 5.97. The van der Waals surface area contributed by atoms with Crippen LogP contribution >= 0.6 is 15.9 Å². The molecule has 2 aliphatic heterocycles. The van der Waals surface area contributed by atoms with Gasteiger partial charge in [0.1, 0.15) is 11.8 Å².